The van der Waals surface area contributed by atoms with Gasteiger partial charge in [0.05, 0.1) is 22.9 Å². The van der Waals surface area contributed by atoms with E-state index in [1.165, 1.54) is 23.1 Å². The first-order chi connectivity index (χ1) is 15.9. The van der Waals surface area contributed by atoms with Gasteiger partial charge in [0.15, 0.2) is 16.6 Å². The molecule has 0 spiro atoms. The molecule has 1 unspecified atom stereocenters. The van der Waals surface area contributed by atoms with E-state index < -0.39 is 40.8 Å². The van der Waals surface area contributed by atoms with Gasteiger partial charge in [-0.1, -0.05) is 0 Å². The number of thiocarbonyl (C=S) groups is 1. The number of fused-ring (bicyclic) bond motifs is 1. The lowest BCUT2D eigenvalue weighted by Crippen LogP contribution is -2.44. The lowest BCUT2D eigenvalue weighted by Gasteiger charge is -2.31. The normalized spacial score (nSPS) is 19.2. The van der Waals surface area contributed by atoms with Crippen molar-refractivity contribution >= 4 is 40.5 Å². The molecule has 0 aromatic heterocycles. The summed E-state index contributed by atoms with van der Waals surface area (Å²) in [6.07, 6.45) is -5.74. The number of alkyl halides is 3. The summed E-state index contributed by atoms with van der Waals surface area (Å²) in [5, 5.41) is 8.99. The first kappa shape index (κ1) is 23.3. The minimum atomic E-state index is -4.79. The zero-order chi connectivity index (χ0) is 25.0. The molecule has 2 aliphatic rings. The summed E-state index contributed by atoms with van der Waals surface area (Å²) in [5.41, 5.74) is 2.57. The fourth-order valence-corrected chi connectivity index (χ4v) is 4.32. The second-order valence-corrected chi connectivity index (χ2v) is 8.47. The van der Waals surface area contributed by atoms with Crippen LogP contribution in [0.1, 0.15) is 25.0 Å². The number of amides is 2. The van der Waals surface area contributed by atoms with Gasteiger partial charge in [-0.15, -0.1) is 0 Å². The van der Waals surface area contributed by atoms with E-state index in [1.807, 2.05) is 0 Å². The van der Waals surface area contributed by atoms with Gasteiger partial charge in [0.2, 0.25) is 6.10 Å². The summed E-state index contributed by atoms with van der Waals surface area (Å²) in [4.78, 5) is 27.1. The van der Waals surface area contributed by atoms with Crippen molar-refractivity contribution in [3.63, 3.8) is 0 Å². The van der Waals surface area contributed by atoms with Crippen LogP contribution in [-0.2, 0) is 15.8 Å². The molecule has 2 heterocycles. The summed E-state index contributed by atoms with van der Waals surface area (Å²) in [6.45, 7) is 3.06. The summed E-state index contributed by atoms with van der Waals surface area (Å²) < 4.78 is 51.5. The van der Waals surface area contributed by atoms with E-state index in [0.29, 0.717) is 5.69 Å². The maximum absolute atomic E-state index is 13.5. The van der Waals surface area contributed by atoms with Crippen LogP contribution >= 0.6 is 12.2 Å². The van der Waals surface area contributed by atoms with Crippen LogP contribution < -0.4 is 25.0 Å². The topological polar surface area (TPSA) is 109 Å². The zero-order valence-corrected chi connectivity index (χ0v) is 18.7. The van der Waals surface area contributed by atoms with Crippen molar-refractivity contribution in [2.45, 2.75) is 31.7 Å². The summed E-state index contributed by atoms with van der Waals surface area (Å²) in [6, 6.07) is 9.14. The molecular weight excluding hydrogens is 473 g/mol. The standard InChI is InChI=1S/C22H17F3N4O4S/c1-21(2)19(31)28(12-4-3-11(9-26)14(7-12)22(23,24)25)20(34)29(21)13-5-6-15-16(8-13)32-10-17(33-15)18(27)30/h3-8,17H,10H2,1-2H3,(H2,27,30). The number of ether oxygens (including phenoxy) is 2. The molecule has 0 bridgehead atoms. The second-order valence-electron chi connectivity index (χ2n) is 8.11. The van der Waals surface area contributed by atoms with Gasteiger partial charge in [0.1, 0.15) is 12.1 Å². The zero-order valence-electron chi connectivity index (χ0n) is 17.8. The molecule has 34 heavy (non-hydrogen) atoms. The summed E-state index contributed by atoms with van der Waals surface area (Å²) in [5.74, 6) is -0.679. The highest BCUT2D eigenvalue weighted by Gasteiger charge is 2.51. The fraction of sp³-hybridized carbons (Fsp3) is 0.273. The van der Waals surface area contributed by atoms with Crippen molar-refractivity contribution in [2.24, 2.45) is 5.73 Å². The van der Waals surface area contributed by atoms with Crippen LogP contribution in [0.2, 0.25) is 0 Å². The molecule has 0 radical (unpaired) electrons. The number of nitriles is 1. The number of carbonyl (C=O) groups is 2. The van der Waals surface area contributed by atoms with E-state index in [0.717, 1.165) is 17.0 Å². The quantitative estimate of drug-likeness (QED) is 0.659. The predicted molar refractivity (Wildman–Crippen MR) is 118 cm³/mol. The van der Waals surface area contributed by atoms with Gasteiger partial charge < -0.3 is 20.1 Å². The lowest BCUT2D eigenvalue weighted by atomic mass is 10.0. The van der Waals surface area contributed by atoms with Crippen LogP contribution in [0, 0.1) is 11.3 Å². The van der Waals surface area contributed by atoms with Gasteiger partial charge >= 0.3 is 6.18 Å². The monoisotopic (exact) mass is 490 g/mol. The molecule has 2 N–H and O–H groups in total. The van der Waals surface area contributed by atoms with Crippen LogP contribution in [0.3, 0.4) is 0 Å². The largest absolute Gasteiger partial charge is 0.485 e. The van der Waals surface area contributed by atoms with Gasteiger partial charge in [-0.05, 0) is 56.4 Å². The van der Waals surface area contributed by atoms with Crippen LogP contribution in [0.4, 0.5) is 24.5 Å². The first-order valence-corrected chi connectivity index (χ1v) is 10.3. The highest BCUT2D eigenvalue weighted by Crippen LogP contribution is 2.42. The number of carbonyl (C=O) groups excluding carboxylic acids is 2. The number of hydrogen-bond donors (Lipinski definition) is 1. The van der Waals surface area contributed by atoms with Crippen LogP contribution in [-0.4, -0.2) is 35.2 Å². The van der Waals surface area contributed by atoms with Crippen molar-refractivity contribution in [3.8, 4) is 17.6 Å². The predicted octanol–water partition coefficient (Wildman–Crippen LogP) is 3.12. The van der Waals surface area contributed by atoms with Crippen molar-refractivity contribution in [3.05, 3.63) is 47.5 Å². The SMILES string of the molecule is CC1(C)C(=O)N(c2ccc(C#N)c(C(F)(F)F)c2)C(=S)N1c1ccc2c(c1)OCC(C(N)=O)O2. The Hall–Kier alpha value is -3.85. The number of rotatable bonds is 3. The van der Waals surface area contributed by atoms with Crippen LogP contribution in [0.15, 0.2) is 36.4 Å². The first-order valence-electron chi connectivity index (χ1n) is 9.89. The summed E-state index contributed by atoms with van der Waals surface area (Å²) >= 11 is 5.51. The van der Waals surface area contributed by atoms with Gasteiger partial charge in [-0.25, -0.2) is 0 Å². The molecule has 0 saturated carbocycles. The Labute approximate surface area is 197 Å². The van der Waals surface area contributed by atoms with Gasteiger partial charge in [0, 0.05) is 11.8 Å². The smallest absolute Gasteiger partial charge is 0.417 e. The number of nitrogens with zero attached hydrogens (tertiary/aromatic N) is 3. The van der Waals surface area contributed by atoms with E-state index in [4.69, 9.17) is 32.7 Å². The Morgan fingerprint density at radius 3 is 2.50 bits per heavy atom. The van der Waals surface area contributed by atoms with Crippen molar-refractivity contribution < 1.29 is 32.2 Å². The molecular formula is C22H17F3N4O4S. The van der Waals surface area contributed by atoms with Gasteiger partial charge in [-0.3, -0.25) is 14.5 Å². The Morgan fingerprint density at radius 1 is 1.21 bits per heavy atom. The Morgan fingerprint density at radius 2 is 1.88 bits per heavy atom. The lowest BCUT2D eigenvalue weighted by molar-refractivity contribution is -0.137. The Bertz CT molecular complexity index is 1270. The number of nitrogens with two attached hydrogens (primary N) is 1. The van der Waals surface area contributed by atoms with E-state index in [-0.39, 0.29) is 28.9 Å². The minimum Gasteiger partial charge on any atom is -0.485 e. The molecule has 2 amide bonds. The highest BCUT2D eigenvalue weighted by atomic mass is 32.1. The third-order valence-corrected chi connectivity index (χ3v) is 5.88. The molecule has 1 atom stereocenters. The Balaban J connectivity index is 1.73. The third-order valence-electron chi connectivity index (χ3n) is 5.52. The average molecular weight is 490 g/mol. The molecule has 2 aliphatic heterocycles. The average Bonchev–Trinajstić information content (AvgIpc) is 2.95. The van der Waals surface area contributed by atoms with Crippen LogP contribution in [0.25, 0.3) is 0 Å². The fourth-order valence-electron chi connectivity index (χ4n) is 3.80. The maximum atomic E-state index is 13.5. The number of hydrogen-bond acceptors (Lipinski definition) is 6. The van der Waals surface area contributed by atoms with Crippen molar-refractivity contribution in [2.75, 3.05) is 16.4 Å². The molecule has 176 valence electrons. The van der Waals surface area contributed by atoms with Crippen molar-refractivity contribution in [1.29, 1.82) is 5.26 Å². The minimum absolute atomic E-state index is 0.0560. The molecule has 12 heteroatoms. The van der Waals surface area contributed by atoms with E-state index in [1.54, 1.807) is 26.0 Å². The van der Waals surface area contributed by atoms with Crippen LogP contribution in [0.5, 0.6) is 11.5 Å². The molecule has 2 aromatic carbocycles. The second kappa shape index (κ2) is 7.88. The number of primary amides is 1. The third kappa shape index (κ3) is 3.67. The van der Waals surface area contributed by atoms with E-state index in [9.17, 15) is 22.8 Å². The number of halogens is 3. The Kier molecular flexibility index (Phi) is 5.40. The highest BCUT2D eigenvalue weighted by molar-refractivity contribution is 7.81. The molecule has 1 fully saturated rings. The number of anilines is 2. The maximum Gasteiger partial charge on any atom is 0.417 e. The van der Waals surface area contributed by atoms with Gasteiger partial charge in [0.25, 0.3) is 11.8 Å². The van der Waals surface area contributed by atoms with Gasteiger partial charge in [-0.2, -0.15) is 18.4 Å². The molecule has 0 aliphatic carbocycles. The molecule has 1 saturated heterocycles. The molecule has 4 rings (SSSR count). The van der Waals surface area contributed by atoms with Crippen molar-refractivity contribution in [1.82, 2.24) is 0 Å². The summed E-state index contributed by atoms with van der Waals surface area (Å²) in [7, 11) is 0. The molecule has 8 nitrogen and oxygen atoms in total. The van der Waals surface area contributed by atoms with E-state index in [2.05, 4.69) is 0 Å². The molecule has 2 aromatic rings. The number of benzene rings is 2. The van der Waals surface area contributed by atoms with E-state index >= 15 is 0 Å².